The summed E-state index contributed by atoms with van der Waals surface area (Å²) in [6.45, 7) is 6.05. The highest BCUT2D eigenvalue weighted by molar-refractivity contribution is 5.85. The van der Waals surface area contributed by atoms with Gasteiger partial charge in [-0.2, -0.15) is 0 Å². The molecule has 0 spiro atoms. The van der Waals surface area contributed by atoms with E-state index >= 15 is 0 Å². The summed E-state index contributed by atoms with van der Waals surface area (Å²) >= 11 is 0. The molecule has 82 valence electrons. The van der Waals surface area contributed by atoms with Gasteiger partial charge in [0.2, 0.25) is 0 Å². The average molecular weight is 210 g/mol. The molecule has 2 aromatic rings. The molecule has 0 aliphatic heterocycles. The van der Waals surface area contributed by atoms with Gasteiger partial charge in [0.25, 0.3) is 0 Å². The van der Waals surface area contributed by atoms with Crippen molar-refractivity contribution in [2.75, 3.05) is 0 Å². The number of rotatable bonds is 4. The molecule has 0 heteroatoms. The van der Waals surface area contributed by atoms with E-state index in [9.17, 15) is 0 Å². The lowest BCUT2D eigenvalue weighted by molar-refractivity contribution is 0.818. The Morgan fingerprint density at radius 3 is 2.62 bits per heavy atom. The Morgan fingerprint density at radius 1 is 1.06 bits per heavy atom. The van der Waals surface area contributed by atoms with E-state index in [4.69, 9.17) is 0 Å². The van der Waals surface area contributed by atoms with Crippen molar-refractivity contribution in [1.29, 1.82) is 0 Å². The molecule has 2 rings (SSSR count). The average Bonchev–Trinajstić information content (AvgIpc) is 2.29. The van der Waals surface area contributed by atoms with Crippen molar-refractivity contribution in [3.63, 3.8) is 0 Å². The molecule has 0 heterocycles. The smallest absolute Gasteiger partial charge is 0.0152 e. The first-order valence-electron chi connectivity index (χ1n) is 5.88. The van der Waals surface area contributed by atoms with E-state index in [1.807, 2.05) is 0 Å². The zero-order chi connectivity index (χ0) is 11.4. The van der Waals surface area contributed by atoms with Gasteiger partial charge in [0, 0.05) is 0 Å². The molecule has 16 heavy (non-hydrogen) atoms. The number of hydrogen-bond acceptors (Lipinski definition) is 0. The molecule has 0 saturated heterocycles. The van der Waals surface area contributed by atoms with Gasteiger partial charge < -0.3 is 0 Å². The van der Waals surface area contributed by atoms with Crippen LogP contribution < -0.4 is 0 Å². The van der Waals surface area contributed by atoms with E-state index in [-0.39, 0.29) is 0 Å². The molecule has 0 nitrogen and oxygen atoms in total. The Bertz CT molecular complexity index is 489. The summed E-state index contributed by atoms with van der Waals surface area (Å²) in [5.74, 6) is 0. The third-order valence-corrected chi connectivity index (χ3v) is 2.93. The van der Waals surface area contributed by atoms with Gasteiger partial charge in [0.1, 0.15) is 0 Å². The molecule has 0 atom stereocenters. The van der Waals surface area contributed by atoms with E-state index < -0.39 is 0 Å². The molecule has 0 radical (unpaired) electrons. The number of benzene rings is 2. The van der Waals surface area contributed by atoms with Gasteiger partial charge in [-0.1, -0.05) is 48.0 Å². The van der Waals surface area contributed by atoms with Gasteiger partial charge in [-0.05, 0) is 42.5 Å². The molecule has 0 bridgehead atoms. The van der Waals surface area contributed by atoms with Gasteiger partial charge in [-0.25, -0.2) is 0 Å². The van der Waals surface area contributed by atoms with Crippen LogP contribution in [-0.2, 0) is 6.42 Å². The van der Waals surface area contributed by atoms with Crippen molar-refractivity contribution in [2.24, 2.45) is 0 Å². The second-order valence-electron chi connectivity index (χ2n) is 4.45. The van der Waals surface area contributed by atoms with Crippen LogP contribution >= 0.6 is 0 Å². The van der Waals surface area contributed by atoms with E-state index in [0.717, 1.165) is 12.8 Å². The fourth-order valence-corrected chi connectivity index (χ4v) is 2.09. The van der Waals surface area contributed by atoms with Gasteiger partial charge in [0.15, 0.2) is 0 Å². The molecular formula is C16H18. The quantitative estimate of drug-likeness (QED) is 0.639. The molecule has 0 aliphatic rings. The fourth-order valence-electron chi connectivity index (χ4n) is 2.09. The fraction of sp³-hybridized carbons (Fsp3) is 0.250. The number of aryl methyl sites for hydroxylation is 1. The largest absolute Gasteiger partial charge is 0.100 e. The lowest BCUT2D eigenvalue weighted by atomic mass is 9.99. The molecule has 0 fully saturated rings. The molecule has 0 N–H and O–H groups in total. The Kier molecular flexibility index (Phi) is 3.40. The van der Waals surface area contributed by atoms with E-state index in [0.29, 0.717) is 0 Å². The van der Waals surface area contributed by atoms with E-state index in [2.05, 4.69) is 56.0 Å². The summed E-state index contributed by atoms with van der Waals surface area (Å²) in [7, 11) is 0. The van der Waals surface area contributed by atoms with E-state index in [1.54, 1.807) is 0 Å². The summed E-state index contributed by atoms with van der Waals surface area (Å²) < 4.78 is 0. The highest BCUT2D eigenvalue weighted by atomic mass is 14.0. The third kappa shape index (κ3) is 2.52. The van der Waals surface area contributed by atoms with Crippen molar-refractivity contribution in [2.45, 2.75) is 26.2 Å². The van der Waals surface area contributed by atoms with Gasteiger partial charge >= 0.3 is 0 Å². The summed E-state index contributed by atoms with van der Waals surface area (Å²) in [4.78, 5) is 0. The minimum Gasteiger partial charge on any atom is -0.100 e. The van der Waals surface area contributed by atoms with Crippen LogP contribution in [0.4, 0.5) is 0 Å². The van der Waals surface area contributed by atoms with Crippen LogP contribution in [0.1, 0.15) is 25.3 Å². The van der Waals surface area contributed by atoms with Crippen molar-refractivity contribution in [1.82, 2.24) is 0 Å². The second-order valence-corrected chi connectivity index (χ2v) is 4.45. The van der Waals surface area contributed by atoms with Crippen molar-refractivity contribution in [3.8, 4) is 0 Å². The normalized spacial score (nSPS) is 10.6. The predicted octanol–water partition coefficient (Wildman–Crippen LogP) is 4.74. The lowest BCUT2D eigenvalue weighted by Gasteiger charge is -2.06. The number of hydrogen-bond donors (Lipinski definition) is 0. The van der Waals surface area contributed by atoms with Crippen molar-refractivity contribution < 1.29 is 0 Å². The first-order chi connectivity index (χ1) is 7.77. The minimum absolute atomic E-state index is 1.13. The first-order valence-corrected chi connectivity index (χ1v) is 5.88. The van der Waals surface area contributed by atoms with Crippen LogP contribution in [0.3, 0.4) is 0 Å². The maximum atomic E-state index is 3.95. The van der Waals surface area contributed by atoms with Gasteiger partial charge in [-0.3, -0.25) is 0 Å². The zero-order valence-electron chi connectivity index (χ0n) is 9.87. The molecule has 2 aromatic carbocycles. The highest BCUT2D eigenvalue weighted by Gasteiger charge is 1.99. The maximum Gasteiger partial charge on any atom is -0.0152 e. The van der Waals surface area contributed by atoms with Crippen molar-refractivity contribution >= 4 is 10.8 Å². The molecule has 0 saturated carbocycles. The highest BCUT2D eigenvalue weighted by Crippen LogP contribution is 2.20. The molecular weight excluding hydrogens is 192 g/mol. The van der Waals surface area contributed by atoms with Crippen LogP contribution in [-0.4, -0.2) is 0 Å². The van der Waals surface area contributed by atoms with Crippen LogP contribution in [0.25, 0.3) is 10.8 Å². The maximum absolute atomic E-state index is 3.95. The van der Waals surface area contributed by atoms with Crippen molar-refractivity contribution in [3.05, 3.63) is 60.2 Å². The molecule has 0 unspecified atom stereocenters. The Morgan fingerprint density at radius 2 is 1.81 bits per heavy atom. The minimum atomic E-state index is 1.13. The summed E-state index contributed by atoms with van der Waals surface area (Å²) in [6, 6.07) is 15.2. The van der Waals surface area contributed by atoms with Crippen LogP contribution in [0.2, 0.25) is 0 Å². The molecule has 0 aromatic heterocycles. The standard InChI is InChI=1S/C16H18/c1-13(2)7-5-9-15-11-6-10-14-8-3-4-12-16(14)15/h3-4,6,8,10-12H,1,5,7,9H2,2H3. The summed E-state index contributed by atoms with van der Waals surface area (Å²) in [5.41, 5.74) is 2.74. The van der Waals surface area contributed by atoms with E-state index in [1.165, 1.54) is 28.3 Å². The second kappa shape index (κ2) is 4.98. The number of allylic oxidation sites excluding steroid dienone is 1. The first kappa shape index (κ1) is 10.9. The molecule has 0 amide bonds. The summed E-state index contributed by atoms with van der Waals surface area (Å²) in [6.07, 6.45) is 3.47. The third-order valence-electron chi connectivity index (χ3n) is 2.93. The van der Waals surface area contributed by atoms with Gasteiger partial charge in [-0.15, -0.1) is 6.58 Å². The Balaban J connectivity index is 2.20. The van der Waals surface area contributed by atoms with Crippen LogP contribution in [0.15, 0.2) is 54.6 Å². The van der Waals surface area contributed by atoms with Crippen LogP contribution in [0.5, 0.6) is 0 Å². The monoisotopic (exact) mass is 210 g/mol. The van der Waals surface area contributed by atoms with Gasteiger partial charge in [0.05, 0.1) is 0 Å². The molecule has 0 aliphatic carbocycles. The summed E-state index contributed by atoms with van der Waals surface area (Å²) in [5, 5.41) is 2.74. The lowest BCUT2D eigenvalue weighted by Crippen LogP contribution is -1.88. The Labute approximate surface area is 97.6 Å². The predicted molar refractivity (Wildman–Crippen MR) is 71.7 cm³/mol. The topological polar surface area (TPSA) is 0 Å². The zero-order valence-corrected chi connectivity index (χ0v) is 9.87. The van der Waals surface area contributed by atoms with Crippen LogP contribution in [0, 0.1) is 0 Å². The number of fused-ring (bicyclic) bond motifs is 1. The SMILES string of the molecule is C=C(C)CCCc1cccc2ccccc12. The Hall–Kier alpha value is -1.56.